The Bertz CT molecular complexity index is 1050. The molecule has 1 aromatic heterocycles. The van der Waals surface area contributed by atoms with Gasteiger partial charge in [0.05, 0.1) is 0 Å². The number of amides is 1. The van der Waals surface area contributed by atoms with Crippen LogP contribution in [-0.4, -0.2) is 30.4 Å². The van der Waals surface area contributed by atoms with Gasteiger partial charge in [0.1, 0.15) is 11.1 Å². The van der Waals surface area contributed by atoms with Crippen LogP contribution in [0.15, 0.2) is 63.8 Å². The number of hydrogen-bond donors (Lipinski definition) is 1. The Labute approximate surface area is 169 Å². The summed E-state index contributed by atoms with van der Waals surface area (Å²) in [6.45, 7) is 3.39. The number of hydrogen-bond acceptors (Lipinski definition) is 4. The fraction of sp³-hybridized carbons (Fsp3) is 0.273. The molecule has 2 N–H and O–H groups in total. The van der Waals surface area contributed by atoms with Crippen molar-refractivity contribution in [2.45, 2.75) is 12.8 Å². The Morgan fingerprint density at radius 3 is 2.50 bits per heavy atom. The topological polar surface area (TPSA) is 76.5 Å². The quantitative estimate of drug-likeness (QED) is 0.686. The fourth-order valence-corrected chi connectivity index (χ4v) is 4.06. The van der Waals surface area contributed by atoms with Crippen molar-refractivity contribution in [3.05, 3.63) is 81.7 Å². The first-order valence-corrected chi connectivity index (χ1v) is 9.17. The van der Waals surface area contributed by atoms with Crippen LogP contribution in [0.2, 0.25) is 0 Å². The lowest BCUT2D eigenvalue weighted by Crippen LogP contribution is -2.34. The number of para-hydroxylation sites is 1. The number of nitrogens with two attached hydrogens (primary N) is 1. The minimum atomic E-state index is -0.580. The monoisotopic (exact) mass is 398 g/mol. The number of halogens is 1. The van der Waals surface area contributed by atoms with Crippen molar-refractivity contribution < 1.29 is 9.21 Å². The molecule has 5 nitrogen and oxygen atoms in total. The highest BCUT2D eigenvalue weighted by Gasteiger charge is 2.37. The number of benzene rings is 2. The van der Waals surface area contributed by atoms with Gasteiger partial charge in [-0.3, -0.25) is 4.79 Å². The first-order chi connectivity index (χ1) is 13.1. The van der Waals surface area contributed by atoms with Gasteiger partial charge < -0.3 is 15.1 Å². The predicted molar refractivity (Wildman–Crippen MR) is 112 cm³/mol. The summed E-state index contributed by atoms with van der Waals surface area (Å²) in [6.07, 6.45) is 0. The van der Waals surface area contributed by atoms with Gasteiger partial charge in [0.2, 0.25) is 0 Å². The molecule has 0 aliphatic carbocycles. The maximum atomic E-state index is 13.2. The standard InChI is InChI=1S/C22H22N2O3.ClH/c1-14-17-9-5-6-10-19(17)27-22(26)20(14)21(25)24-12-16(11-23)18(13-24)15-7-3-2-4-8-15;/h2-10,16,18H,11-13,23H2,1H3;1H/t16-,18+;/m1./s1. The molecule has 1 fully saturated rings. The van der Waals surface area contributed by atoms with E-state index in [1.807, 2.05) is 36.4 Å². The van der Waals surface area contributed by atoms with Crippen LogP contribution in [0.1, 0.15) is 27.4 Å². The Kier molecular flexibility index (Phi) is 5.87. The first-order valence-electron chi connectivity index (χ1n) is 9.17. The van der Waals surface area contributed by atoms with Gasteiger partial charge in [-0.2, -0.15) is 0 Å². The molecule has 6 heteroatoms. The average molecular weight is 399 g/mol. The molecule has 2 aromatic carbocycles. The zero-order valence-electron chi connectivity index (χ0n) is 15.6. The second-order valence-electron chi connectivity index (χ2n) is 7.11. The SMILES string of the molecule is Cc1c(C(=O)N2C[C@@H](CN)[C@H](c3ccccc3)C2)c(=O)oc2ccccc12.Cl. The van der Waals surface area contributed by atoms with E-state index in [1.54, 1.807) is 17.9 Å². The van der Waals surface area contributed by atoms with E-state index >= 15 is 0 Å². The van der Waals surface area contributed by atoms with Gasteiger partial charge in [-0.15, -0.1) is 12.4 Å². The molecule has 0 spiro atoms. The van der Waals surface area contributed by atoms with Crippen molar-refractivity contribution in [2.24, 2.45) is 11.7 Å². The van der Waals surface area contributed by atoms with Crippen LogP contribution >= 0.6 is 12.4 Å². The van der Waals surface area contributed by atoms with E-state index in [4.69, 9.17) is 10.2 Å². The van der Waals surface area contributed by atoms with Gasteiger partial charge in [0, 0.05) is 24.4 Å². The summed E-state index contributed by atoms with van der Waals surface area (Å²) >= 11 is 0. The van der Waals surface area contributed by atoms with E-state index in [2.05, 4.69) is 12.1 Å². The van der Waals surface area contributed by atoms with Gasteiger partial charge >= 0.3 is 5.63 Å². The van der Waals surface area contributed by atoms with Crippen LogP contribution < -0.4 is 11.4 Å². The lowest BCUT2D eigenvalue weighted by Gasteiger charge is -2.17. The second-order valence-corrected chi connectivity index (χ2v) is 7.11. The zero-order valence-corrected chi connectivity index (χ0v) is 16.4. The second kappa shape index (κ2) is 8.17. The zero-order chi connectivity index (χ0) is 19.0. The lowest BCUT2D eigenvalue weighted by molar-refractivity contribution is 0.0781. The molecule has 0 unspecified atom stereocenters. The smallest absolute Gasteiger partial charge is 0.349 e. The minimum Gasteiger partial charge on any atom is -0.422 e. The third-order valence-corrected chi connectivity index (χ3v) is 5.55. The van der Waals surface area contributed by atoms with Crippen molar-refractivity contribution >= 4 is 29.3 Å². The van der Waals surface area contributed by atoms with Gasteiger partial charge in [-0.25, -0.2) is 4.79 Å². The number of carbonyl (C=O) groups excluding carboxylic acids is 1. The molecule has 2 heterocycles. The van der Waals surface area contributed by atoms with Crippen molar-refractivity contribution in [2.75, 3.05) is 19.6 Å². The number of rotatable bonds is 3. The van der Waals surface area contributed by atoms with E-state index in [0.717, 1.165) is 5.39 Å². The molecule has 4 rings (SSSR count). The maximum absolute atomic E-state index is 13.2. The molecule has 1 aliphatic rings. The highest BCUT2D eigenvalue weighted by Crippen LogP contribution is 2.33. The van der Waals surface area contributed by atoms with Gasteiger partial charge in [-0.1, -0.05) is 48.5 Å². The van der Waals surface area contributed by atoms with Crippen molar-refractivity contribution in [3.63, 3.8) is 0 Å². The molecule has 0 bridgehead atoms. The van der Waals surface area contributed by atoms with E-state index in [9.17, 15) is 9.59 Å². The minimum absolute atomic E-state index is 0. The number of likely N-dealkylation sites (tertiary alicyclic amines) is 1. The average Bonchev–Trinajstić information content (AvgIpc) is 3.13. The van der Waals surface area contributed by atoms with E-state index in [0.29, 0.717) is 30.8 Å². The molecular formula is C22H23ClN2O3. The number of aryl methyl sites for hydroxylation is 1. The van der Waals surface area contributed by atoms with Crippen LogP contribution in [0.5, 0.6) is 0 Å². The largest absolute Gasteiger partial charge is 0.422 e. The fourth-order valence-electron chi connectivity index (χ4n) is 4.06. The number of carbonyl (C=O) groups is 1. The molecule has 1 amide bonds. The van der Waals surface area contributed by atoms with Gasteiger partial charge in [0.15, 0.2) is 0 Å². The summed E-state index contributed by atoms with van der Waals surface area (Å²) < 4.78 is 5.39. The highest BCUT2D eigenvalue weighted by atomic mass is 35.5. The summed E-state index contributed by atoms with van der Waals surface area (Å²) in [7, 11) is 0. The van der Waals surface area contributed by atoms with Gasteiger partial charge in [-0.05, 0) is 36.6 Å². The first kappa shape index (κ1) is 20.1. The van der Waals surface area contributed by atoms with Crippen LogP contribution in [0, 0.1) is 12.8 Å². The summed E-state index contributed by atoms with van der Waals surface area (Å²) in [4.78, 5) is 27.5. The van der Waals surface area contributed by atoms with Crippen LogP contribution in [0.3, 0.4) is 0 Å². The number of nitrogens with zero attached hydrogens (tertiary/aromatic N) is 1. The van der Waals surface area contributed by atoms with Crippen LogP contribution in [0.25, 0.3) is 11.0 Å². The van der Waals surface area contributed by atoms with E-state index in [-0.39, 0.29) is 35.7 Å². The molecule has 28 heavy (non-hydrogen) atoms. The maximum Gasteiger partial charge on any atom is 0.349 e. The molecule has 0 saturated carbocycles. The molecule has 3 aromatic rings. The molecular weight excluding hydrogens is 376 g/mol. The number of fused-ring (bicyclic) bond motifs is 1. The van der Waals surface area contributed by atoms with Crippen molar-refractivity contribution in [3.8, 4) is 0 Å². The predicted octanol–water partition coefficient (Wildman–Crippen LogP) is 3.34. The Morgan fingerprint density at radius 1 is 1.11 bits per heavy atom. The Hall–Kier alpha value is -2.63. The van der Waals surface area contributed by atoms with Crippen LogP contribution in [0.4, 0.5) is 0 Å². The van der Waals surface area contributed by atoms with Crippen molar-refractivity contribution in [1.82, 2.24) is 4.90 Å². The highest BCUT2D eigenvalue weighted by molar-refractivity contribution is 5.99. The molecule has 2 atom stereocenters. The van der Waals surface area contributed by atoms with E-state index in [1.165, 1.54) is 5.56 Å². The van der Waals surface area contributed by atoms with Crippen LogP contribution in [-0.2, 0) is 0 Å². The van der Waals surface area contributed by atoms with Crippen molar-refractivity contribution in [1.29, 1.82) is 0 Å². The summed E-state index contributed by atoms with van der Waals surface area (Å²) in [5.41, 5.74) is 7.86. The molecule has 1 saturated heterocycles. The summed E-state index contributed by atoms with van der Waals surface area (Å²) in [5.74, 6) is 0.0704. The van der Waals surface area contributed by atoms with Gasteiger partial charge in [0.25, 0.3) is 5.91 Å². The summed E-state index contributed by atoms with van der Waals surface area (Å²) in [5, 5.41) is 0.787. The molecule has 146 valence electrons. The normalized spacial score (nSPS) is 18.9. The Morgan fingerprint density at radius 2 is 1.79 bits per heavy atom. The third kappa shape index (κ3) is 3.43. The molecule has 1 aliphatic heterocycles. The lowest BCUT2D eigenvalue weighted by atomic mass is 9.89. The molecule has 0 radical (unpaired) electrons. The summed E-state index contributed by atoms with van der Waals surface area (Å²) in [6, 6.07) is 17.4. The van der Waals surface area contributed by atoms with E-state index < -0.39 is 5.63 Å². The third-order valence-electron chi connectivity index (χ3n) is 5.55. The Balaban J connectivity index is 0.00000225.